The quantitative estimate of drug-likeness (QED) is 0.739. The third kappa shape index (κ3) is 5.52. The Morgan fingerprint density at radius 2 is 1.94 bits per heavy atom. The summed E-state index contributed by atoms with van der Waals surface area (Å²) >= 11 is 0. The Hall–Kier alpha value is -1.32. The first-order chi connectivity index (χ1) is 8.26. The van der Waals surface area contributed by atoms with Gasteiger partial charge in [0.15, 0.2) is 0 Å². The van der Waals surface area contributed by atoms with Crippen molar-refractivity contribution in [1.82, 2.24) is 0 Å². The third-order valence-electron chi connectivity index (χ3n) is 2.43. The number of hydrogen-bond acceptors (Lipinski definition) is 3. The van der Waals surface area contributed by atoms with Crippen LogP contribution in [-0.2, 0) is 11.3 Å². The van der Waals surface area contributed by atoms with E-state index in [4.69, 9.17) is 14.6 Å². The standard InChI is InChI=1S/C14H20O3/c1-12(5-3-4-10-15)17-11-13-6-8-14(16-2)9-7-13/h3-4,6-9,12,15H,5,10-11H2,1-2H3/b4-3+/t12-/m1/s1. The van der Waals surface area contributed by atoms with Gasteiger partial charge in [0.1, 0.15) is 5.75 Å². The maximum atomic E-state index is 8.60. The van der Waals surface area contributed by atoms with Crippen molar-refractivity contribution in [1.29, 1.82) is 0 Å². The highest BCUT2D eigenvalue weighted by atomic mass is 16.5. The van der Waals surface area contributed by atoms with Crippen LogP contribution in [0.15, 0.2) is 36.4 Å². The molecular weight excluding hydrogens is 216 g/mol. The van der Waals surface area contributed by atoms with Gasteiger partial charge in [-0.2, -0.15) is 0 Å². The van der Waals surface area contributed by atoms with Crippen molar-refractivity contribution in [2.75, 3.05) is 13.7 Å². The van der Waals surface area contributed by atoms with Gasteiger partial charge in [0.05, 0.1) is 26.4 Å². The van der Waals surface area contributed by atoms with Gasteiger partial charge in [-0.15, -0.1) is 0 Å². The Labute approximate surface area is 103 Å². The van der Waals surface area contributed by atoms with Crippen LogP contribution in [0, 0.1) is 0 Å². The summed E-state index contributed by atoms with van der Waals surface area (Å²) in [6.45, 7) is 2.70. The van der Waals surface area contributed by atoms with E-state index in [0.29, 0.717) is 6.61 Å². The topological polar surface area (TPSA) is 38.7 Å². The summed E-state index contributed by atoms with van der Waals surface area (Å²) in [4.78, 5) is 0. The average molecular weight is 236 g/mol. The van der Waals surface area contributed by atoms with Crippen molar-refractivity contribution < 1.29 is 14.6 Å². The molecule has 1 aromatic rings. The van der Waals surface area contributed by atoms with E-state index < -0.39 is 0 Å². The molecule has 0 bridgehead atoms. The minimum absolute atomic E-state index is 0.0885. The predicted octanol–water partition coefficient (Wildman–Crippen LogP) is 2.54. The maximum Gasteiger partial charge on any atom is 0.118 e. The first kappa shape index (κ1) is 13.7. The van der Waals surface area contributed by atoms with Crippen LogP contribution in [0.4, 0.5) is 0 Å². The lowest BCUT2D eigenvalue weighted by Gasteiger charge is -2.11. The second kappa shape index (κ2) is 7.87. The number of rotatable bonds is 7. The lowest BCUT2D eigenvalue weighted by Crippen LogP contribution is -2.06. The molecule has 94 valence electrons. The molecule has 0 aliphatic rings. The van der Waals surface area contributed by atoms with Crippen LogP contribution in [0.25, 0.3) is 0 Å². The van der Waals surface area contributed by atoms with Crippen LogP contribution in [0.1, 0.15) is 18.9 Å². The first-order valence-corrected chi connectivity index (χ1v) is 5.76. The molecule has 17 heavy (non-hydrogen) atoms. The number of ether oxygens (including phenoxy) is 2. The Morgan fingerprint density at radius 1 is 1.24 bits per heavy atom. The van der Waals surface area contributed by atoms with Crippen LogP contribution in [0.5, 0.6) is 5.75 Å². The summed E-state index contributed by atoms with van der Waals surface area (Å²) in [7, 11) is 1.65. The van der Waals surface area contributed by atoms with Crippen LogP contribution < -0.4 is 4.74 Å². The molecule has 3 heteroatoms. The molecule has 0 saturated carbocycles. The van der Waals surface area contributed by atoms with Crippen LogP contribution >= 0.6 is 0 Å². The molecule has 1 atom stereocenters. The second-order valence-corrected chi connectivity index (χ2v) is 3.86. The fraction of sp³-hybridized carbons (Fsp3) is 0.429. The lowest BCUT2D eigenvalue weighted by atomic mass is 10.2. The Balaban J connectivity index is 2.31. The van der Waals surface area contributed by atoms with Crippen LogP contribution in [0.2, 0.25) is 0 Å². The average Bonchev–Trinajstić information content (AvgIpc) is 2.37. The van der Waals surface area contributed by atoms with E-state index >= 15 is 0 Å². The molecule has 0 aliphatic carbocycles. The molecule has 0 saturated heterocycles. The van der Waals surface area contributed by atoms with Gasteiger partial charge < -0.3 is 14.6 Å². The summed E-state index contributed by atoms with van der Waals surface area (Å²) < 4.78 is 10.8. The van der Waals surface area contributed by atoms with E-state index in [2.05, 4.69) is 0 Å². The molecule has 0 amide bonds. The third-order valence-corrected chi connectivity index (χ3v) is 2.43. The number of methoxy groups -OCH3 is 1. The van der Waals surface area contributed by atoms with E-state index in [1.807, 2.05) is 37.3 Å². The summed E-state index contributed by atoms with van der Waals surface area (Å²) in [6.07, 6.45) is 4.63. The largest absolute Gasteiger partial charge is 0.497 e. The number of aliphatic hydroxyl groups excluding tert-OH is 1. The maximum absolute atomic E-state index is 8.60. The van der Waals surface area contributed by atoms with Gasteiger partial charge in [-0.1, -0.05) is 24.3 Å². The van der Waals surface area contributed by atoms with Gasteiger partial charge in [0.2, 0.25) is 0 Å². The number of hydrogen-bond donors (Lipinski definition) is 1. The second-order valence-electron chi connectivity index (χ2n) is 3.86. The van der Waals surface area contributed by atoms with Gasteiger partial charge >= 0.3 is 0 Å². The van der Waals surface area contributed by atoms with Crippen molar-refractivity contribution in [3.63, 3.8) is 0 Å². The van der Waals surface area contributed by atoms with E-state index in [1.165, 1.54) is 0 Å². The SMILES string of the molecule is COc1ccc(CO[C@H](C)C/C=C/CO)cc1. The molecule has 0 spiro atoms. The zero-order chi connectivity index (χ0) is 12.5. The predicted molar refractivity (Wildman–Crippen MR) is 68.1 cm³/mol. The van der Waals surface area contributed by atoms with Gasteiger partial charge in [-0.3, -0.25) is 0 Å². The van der Waals surface area contributed by atoms with Crippen molar-refractivity contribution in [3.8, 4) is 5.75 Å². The minimum Gasteiger partial charge on any atom is -0.497 e. The lowest BCUT2D eigenvalue weighted by molar-refractivity contribution is 0.0551. The Bertz CT molecular complexity index is 330. The highest BCUT2D eigenvalue weighted by Gasteiger charge is 2.00. The molecule has 0 aliphatic heterocycles. The van der Waals surface area contributed by atoms with E-state index in [-0.39, 0.29) is 12.7 Å². The molecular formula is C14H20O3. The molecule has 0 heterocycles. The van der Waals surface area contributed by atoms with Crippen molar-refractivity contribution >= 4 is 0 Å². The molecule has 0 radical (unpaired) electrons. The fourth-order valence-corrected chi connectivity index (χ4v) is 1.39. The van der Waals surface area contributed by atoms with E-state index in [0.717, 1.165) is 17.7 Å². The van der Waals surface area contributed by atoms with Crippen LogP contribution in [0.3, 0.4) is 0 Å². The van der Waals surface area contributed by atoms with Gasteiger partial charge in [-0.25, -0.2) is 0 Å². The molecule has 0 unspecified atom stereocenters. The minimum atomic E-state index is 0.0885. The van der Waals surface area contributed by atoms with Crippen molar-refractivity contribution in [3.05, 3.63) is 42.0 Å². The monoisotopic (exact) mass is 236 g/mol. The normalized spacial score (nSPS) is 12.9. The molecule has 0 fully saturated rings. The highest BCUT2D eigenvalue weighted by molar-refractivity contribution is 5.26. The van der Waals surface area contributed by atoms with E-state index in [9.17, 15) is 0 Å². The summed E-state index contributed by atoms with van der Waals surface area (Å²) in [5.41, 5.74) is 1.13. The van der Waals surface area contributed by atoms with Crippen molar-refractivity contribution in [2.24, 2.45) is 0 Å². The molecule has 1 rings (SSSR count). The molecule has 1 N–H and O–H groups in total. The molecule has 0 aromatic heterocycles. The molecule has 1 aromatic carbocycles. The zero-order valence-corrected chi connectivity index (χ0v) is 10.4. The van der Waals surface area contributed by atoms with Crippen LogP contribution in [-0.4, -0.2) is 24.9 Å². The van der Waals surface area contributed by atoms with E-state index in [1.54, 1.807) is 13.2 Å². The van der Waals surface area contributed by atoms with Gasteiger partial charge in [0.25, 0.3) is 0 Å². The smallest absolute Gasteiger partial charge is 0.118 e. The zero-order valence-electron chi connectivity index (χ0n) is 10.4. The Morgan fingerprint density at radius 3 is 2.53 bits per heavy atom. The summed E-state index contributed by atoms with van der Waals surface area (Å²) in [5, 5.41) is 8.60. The van der Waals surface area contributed by atoms with Crippen molar-refractivity contribution in [2.45, 2.75) is 26.1 Å². The number of benzene rings is 1. The first-order valence-electron chi connectivity index (χ1n) is 5.76. The highest BCUT2D eigenvalue weighted by Crippen LogP contribution is 2.13. The van der Waals surface area contributed by atoms with Gasteiger partial charge in [0, 0.05) is 0 Å². The van der Waals surface area contributed by atoms with Gasteiger partial charge in [-0.05, 0) is 31.0 Å². The number of aliphatic hydroxyl groups is 1. The summed E-state index contributed by atoms with van der Waals surface area (Å²) in [6, 6.07) is 7.84. The Kier molecular flexibility index (Phi) is 6.37. The fourth-order valence-electron chi connectivity index (χ4n) is 1.39. The molecule has 3 nitrogen and oxygen atoms in total. The summed E-state index contributed by atoms with van der Waals surface area (Å²) in [5.74, 6) is 0.854.